The van der Waals surface area contributed by atoms with Crippen LogP contribution in [-0.4, -0.2) is 4.98 Å². The van der Waals surface area contributed by atoms with E-state index >= 15 is 0 Å². The van der Waals surface area contributed by atoms with Crippen LogP contribution in [0.15, 0.2) is 22.7 Å². The van der Waals surface area contributed by atoms with Crippen molar-refractivity contribution >= 4 is 27.3 Å². The minimum Gasteiger partial charge on any atom is -0.241 e. The van der Waals surface area contributed by atoms with Crippen molar-refractivity contribution in [3.05, 3.63) is 39.1 Å². The molecule has 1 aromatic heterocycles. The van der Waals surface area contributed by atoms with Gasteiger partial charge in [-0.3, -0.25) is 0 Å². The zero-order valence-electron chi connectivity index (χ0n) is 8.34. The molecule has 0 saturated carbocycles. The summed E-state index contributed by atoms with van der Waals surface area (Å²) in [6.45, 7) is 4.02. The summed E-state index contributed by atoms with van der Waals surface area (Å²) in [5, 5.41) is 0.936. The van der Waals surface area contributed by atoms with Gasteiger partial charge in [0.2, 0.25) is 0 Å². The lowest BCUT2D eigenvalue weighted by Gasteiger charge is -1.98. The largest absolute Gasteiger partial charge is 0.241 e. The maximum Gasteiger partial charge on any atom is 0.137 e. The monoisotopic (exact) mass is 285 g/mol. The van der Waals surface area contributed by atoms with Crippen molar-refractivity contribution in [2.45, 2.75) is 13.8 Å². The second-order valence-electron chi connectivity index (χ2n) is 3.29. The summed E-state index contributed by atoms with van der Waals surface area (Å²) >= 11 is 4.80. The number of aryl methyl sites for hydroxylation is 2. The highest BCUT2D eigenvalue weighted by Crippen LogP contribution is 2.29. The van der Waals surface area contributed by atoms with Crippen LogP contribution in [-0.2, 0) is 0 Å². The number of hydrogen-bond acceptors (Lipinski definition) is 2. The Morgan fingerprint density at radius 3 is 2.60 bits per heavy atom. The first-order valence-electron chi connectivity index (χ1n) is 4.47. The van der Waals surface area contributed by atoms with Gasteiger partial charge in [-0.15, -0.1) is 11.3 Å². The molecule has 2 rings (SSSR count). The van der Waals surface area contributed by atoms with Gasteiger partial charge in [-0.1, -0.05) is 0 Å². The number of hydrogen-bond donors (Lipinski definition) is 0. The molecule has 78 valence electrons. The molecule has 1 aromatic carbocycles. The van der Waals surface area contributed by atoms with Gasteiger partial charge in [0.05, 0.1) is 10.2 Å². The van der Waals surface area contributed by atoms with Gasteiger partial charge in [0.1, 0.15) is 10.8 Å². The maximum atomic E-state index is 13.0. The molecule has 15 heavy (non-hydrogen) atoms. The highest BCUT2D eigenvalue weighted by Gasteiger charge is 2.08. The molecule has 0 aliphatic heterocycles. The molecule has 1 nitrogen and oxygen atoms in total. The van der Waals surface area contributed by atoms with Crippen molar-refractivity contribution < 1.29 is 4.39 Å². The molecule has 1 heterocycles. The summed E-state index contributed by atoms with van der Waals surface area (Å²) in [5.74, 6) is -0.247. The standard InChI is InChI=1S/C11H9BrFNS/c1-6-7(2)15-11(14-6)8-3-4-10(13)9(12)5-8/h3-5H,1-2H3. The van der Waals surface area contributed by atoms with Crippen LogP contribution < -0.4 is 0 Å². The second-order valence-corrected chi connectivity index (χ2v) is 5.35. The summed E-state index contributed by atoms with van der Waals surface area (Å²) in [6, 6.07) is 4.95. The fourth-order valence-electron chi connectivity index (χ4n) is 1.23. The van der Waals surface area contributed by atoms with Crippen molar-refractivity contribution in [1.29, 1.82) is 0 Å². The van der Waals surface area contributed by atoms with Gasteiger partial charge in [-0.2, -0.15) is 0 Å². The number of rotatable bonds is 1. The van der Waals surface area contributed by atoms with Gasteiger partial charge in [0.25, 0.3) is 0 Å². The molecule has 0 amide bonds. The Hall–Kier alpha value is -0.740. The van der Waals surface area contributed by atoms with Crippen LogP contribution in [0.1, 0.15) is 10.6 Å². The van der Waals surface area contributed by atoms with Crippen molar-refractivity contribution in [3.63, 3.8) is 0 Å². The Morgan fingerprint density at radius 1 is 1.33 bits per heavy atom. The van der Waals surface area contributed by atoms with E-state index in [1.807, 2.05) is 13.8 Å². The topological polar surface area (TPSA) is 12.9 Å². The lowest BCUT2D eigenvalue weighted by molar-refractivity contribution is 0.621. The molecule has 0 fully saturated rings. The Morgan fingerprint density at radius 2 is 2.07 bits per heavy atom. The Kier molecular flexibility index (Phi) is 2.89. The van der Waals surface area contributed by atoms with Gasteiger partial charge < -0.3 is 0 Å². The van der Waals surface area contributed by atoms with E-state index in [4.69, 9.17) is 0 Å². The van der Waals surface area contributed by atoms with E-state index in [2.05, 4.69) is 20.9 Å². The lowest BCUT2D eigenvalue weighted by Crippen LogP contribution is -1.81. The van der Waals surface area contributed by atoms with Crippen LogP contribution in [0.3, 0.4) is 0 Å². The van der Waals surface area contributed by atoms with E-state index in [9.17, 15) is 4.39 Å². The summed E-state index contributed by atoms with van der Waals surface area (Å²) < 4.78 is 13.5. The average Bonchev–Trinajstić information content (AvgIpc) is 2.52. The Labute approximate surface area is 100 Å². The van der Waals surface area contributed by atoms with E-state index in [0.717, 1.165) is 16.3 Å². The van der Waals surface area contributed by atoms with Crippen LogP contribution >= 0.6 is 27.3 Å². The Bertz CT molecular complexity index is 488. The molecule has 0 radical (unpaired) electrons. The van der Waals surface area contributed by atoms with Crippen molar-refractivity contribution in [2.24, 2.45) is 0 Å². The van der Waals surface area contributed by atoms with E-state index < -0.39 is 0 Å². The summed E-state index contributed by atoms with van der Waals surface area (Å²) in [5.41, 5.74) is 1.99. The maximum absolute atomic E-state index is 13.0. The predicted octanol–water partition coefficient (Wildman–Crippen LogP) is 4.33. The third-order valence-electron chi connectivity index (χ3n) is 2.20. The summed E-state index contributed by atoms with van der Waals surface area (Å²) in [6.07, 6.45) is 0. The van der Waals surface area contributed by atoms with Crippen molar-refractivity contribution in [1.82, 2.24) is 4.98 Å². The fourth-order valence-corrected chi connectivity index (χ4v) is 2.51. The summed E-state index contributed by atoms with van der Waals surface area (Å²) in [7, 11) is 0. The highest BCUT2D eigenvalue weighted by molar-refractivity contribution is 9.10. The lowest BCUT2D eigenvalue weighted by atomic mass is 10.2. The molecule has 0 N–H and O–H groups in total. The van der Waals surface area contributed by atoms with Gasteiger partial charge in [-0.25, -0.2) is 9.37 Å². The normalized spacial score (nSPS) is 10.7. The predicted molar refractivity (Wildman–Crippen MR) is 64.7 cm³/mol. The minimum absolute atomic E-state index is 0.247. The van der Waals surface area contributed by atoms with Gasteiger partial charge >= 0.3 is 0 Å². The third-order valence-corrected chi connectivity index (χ3v) is 3.92. The van der Waals surface area contributed by atoms with Crippen LogP contribution in [0, 0.1) is 19.7 Å². The first-order chi connectivity index (χ1) is 7.08. The number of aromatic nitrogens is 1. The Balaban J connectivity index is 2.49. The van der Waals surface area contributed by atoms with E-state index in [1.165, 1.54) is 10.9 Å². The SMILES string of the molecule is Cc1nc(-c2ccc(F)c(Br)c2)sc1C. The smallest absolute Gasteiger partial charge is 0.137 e. The number of benzene rings is 1. The van der Waals surface area contributed by atoms with Crippen molar-refractivity contribution in [2.75, 3.05) is 0 Å². The van der Waals surface area contributed by atoms with E-state index in [-0.39, 0.29) is 5.82 Å². The molecule has 2 aromatic rings. The fraction of sp³-hybridized carbons (Fsp3) is 0.182. The number of halogens is 2. The zero-order valence-corrected chi connectivity index (χ0v) is 10.7. The second kappa shape index (κ2) is 4.02. The first kappa shape index (κ1) is 10.8. The molecule has 0 saturated heterocycles. The molecule has 0 bridgehead atoms. The third kappa shape index (κ3) is 2.11. The van der Waals surface area contributed by atoms with Gasteiger partial charge in [-0.05, 0) is 48.0 Å². The van der Waals surface area contributed by atoms with E-state index in [0.29, 0.717) is 4.47 Å². The summed E-state index contributed by atoms with van der Waals surface area (Å²) in [4.78, 5) is 5.63. The van der Waals surface area contributed by atoms with Crippen LogP contribution in [0.5, 0.6) is 0 Å². The van der Waals surface area contributed by atoms with Crippen LogP contribution in [0.25, 0.3) is 10.6 Å². The molecule has 0 unspecified atom stereocenters. The van der Waals surface area contributed by atoms with Gasteiger partial charge in [0.15, 0.2) is 0 Å². The average molecular weight is 286 g/mol. The number of nitrogens with zero attached hydrogens (tertiary/aromatic N) is 1. The quantitative estimate of drug-likeness (QED) is 0.760. The molecule has 0 aliphatic carbocycles. The first-order valence-corrected chi connectivity index (χ1v) is 6.08. The molecular formula is C11H9BrFNS. The van der Waals surface area contributed by atoms with Crippen LogP contribution in [0.4, 0.5) is 4.39 Å². The van der Waals surface area contributed by atoms with Crippen molar-refractivity contribution in [3.8, 4) is 10.6 Å². The highest BCUT2D eigenvalue weighted by atomic mass is 79.9. The minimum atomic E-state index is -0.247. The molecule has 0 aliphatic rings. The molecule has 0 atom stereocenters. The van der Waals surface area contributed by atoms with Crippen LogP contribution in [0.2, 0.25) is 0 Å². The zero-order chi connectivity index (χ0) is 11.0. The van der Waals surface area contributed by atoms with E-state index in [1.54, 1.807) is 23.5 Å². The van der Waals surface area contributed by atoms with Gasteiger partial charge in [0, 0.05) is 10.4 Å². The number of thiazole rings is 1. The molecule has 4 heteroatoms. The molecule has 0 spiro atoms. The molecular weight excluding hydrogens is 277 g/mol.